The number of hydrogen-bond donors (Lipinski definition) is 0. The van der Waals surface area contributed by atoms with Gasteiger partial charge >= 0.3 is 0 Å². The van der Waals surface area contributed by atoms with E-state index in [9.17, 15) is 4.79 Å². The molecule has 6 nitrogen and oxygen atoms in total. The molecule has 6 heteroatoms. The standard InChI is InChI=1S/C23H29N5O/c1-16-18-7-6-13-27(15-17-10-11-17)22(18)26-21(25-16)20-9-3-5-14-28(20)23(29)19-8-2-4-12-24-19/h2,4,8,12,17,20H,3,5-7,9-11,13-15H2,1H3. The predicted octanol–water partition coefficient (Wildman–Crippen LogP) is 3.71. The maximum Gasteiger partial charge on any atom is 0.273 e. The molecule has 2 aromatic heterocycles. The number of carbonyl (C=O) groups excluding carboxylic acids is 1. The van der Waals surface area contributed by atoms with Gasteiger partial charge in [-0.25, -0.2) is 9.97 Å². The molecular formula is C23H29N5O. The fourth-order valence-electron chi connectivity index (χ4n) is 4.73. The highest BCUT2D eigenvalue weighted by atomic mass is 16.2. The van der Waals surface area contributed by atoms with Crippen LogP contribution in [0, 0.1) is 12.8 Å². The summed E-state index contributed by atoms with van der Waals surface area (Å²) in [7, 11) is 0. The zero-order chi connectivity index (χ0) is 19.8. The molecule has 0 bridgehead atoms. The summed E-state index contributed by atoms with van der Waals surface area (Å²) in [5, 5.41) is 0. The number of aryl methyl sites for hydroxylation is 1. The van der Waals surface area contributed by atoms with E-state index in [2.05, 4.69) is 16.8 Å². The van der Waals surface area contributed by atoms with Gasteiger partial charge in [0, 0.05) is 37.1 Å². The number of nitrogens with zero attached hydrogens (tertiary/aromatic N) is 5. The first kappa shape index (κ1) is 18.5. The van der Waals surface area contributed by atoms with Gasteiger partial charge < -0.3 is 9.80 Å². The normalized spacial score (nSPS) is 21.8. The number of fused-ring (bicyclic) bond motifs is 1. The highest BCUT2D eigenvalue weighted by Gasteiger charge is 2.34. The van der Waals surface area contributed by atoms with Crippen molar-refractivity contribution in [2.45, 2.75) is 57.9 Å². The third kappa shape index (κ3) is 3.72. The van der Waals surface area contributed by atoms with Crippen LogP contribution in [0.15, 0.2) is 24.4 Å². The number of pyridine rings is 1. The van der Waals surface area contributed by atoms with E-state index in [-0.39, 0.29) is 11.9 Å². The summed E-state index contributed by atoms with van der Waals surface area (Å²) >= 11 is 0. The van der Waals surface area contributed by atoms with Crippen molar-refractivity contribution in [3.05, 3.63) is 47.2 Å². The molecule has 5 rings (SSSR count). The van der Waals surface area contributed by atoms with E-state index < -0.39 is 0 Å². The first-order valence-corrected chi connectivity index (χ1v) is 11.0. The number of carbonyl (C=O) groups is 1. The summed E-state index contributed by atoms with van der Waals surface area (Å²) in [4.78, 5) is 31.9. The van der Waals surface area contributed by atoms with Gasteiger partial charge in [-0.3, -0.25) is 9.78 Å². The van der Waals surface area contributed by atoms with Gasteiger partial charge in [0.05, 0.1) is 6.04 Å². The van der Waals surface area contributed by atoms with Crippen LogP contribution < -0.4 is 4.90 Å². The lowest BCUT2D eigenvalue weighted by Gasteiger charge is -2.36. The van der Waals surface area contributed by atoms with Crippen LogP contribution in [0.5, 0.6) is 0 Å². The van der Waals surface area contributed by atoms with E-state index in [4.69, 9.17) is 9.97 Å². The number of aromatic nitrogens is 3. The number of likely N-dealkylation sites (tertiary alicyclic amines) is 1. The zero-order valence-electron chi connectivity index (χ0n) is 17.2. The third-order valence-corrected chi connectivity index (χ3v) is 6.48. The second-order valence-corrected chi connectivity index (χ2v) is 8.69. The van der Waals surface area contributed by atoms with Crippen molar-refractivity contribution >= 4 is 11.7 Å². The molecule has 3 aliphatic rings. The number of amides is 1. The SMILES string of the molecule is Cc1nc(C2CCCCN2C(=O)c2ccccn2)nc2c1CCCN2CC1CC1. The Balaban J connectivity index is 1.48. The lowest BCUT2D eigenvalue weighted by Crippen LogP contribution is -2.40. The van der Waals surface area contributed by atoms with Crippen molar-refractivity contribution in [1.82, 2.24) is 19.9 Å². The van der Waals surface area contributed by atoms with Gasteiger partial charge in [0.15, 0.2) is 5.82 Å². The molecule has 0 aromatic carbocycles. The quantitative estimate of drug-likeness (QED) is 0.795. The zero-order valence-corrected chi connectivity index (χ0v) is 17.2. The fourth-order valence-corrected chi connectivity index (χ4v) is 4.73. The Morgan fingerprint density at radius 1 is 1.10 bits per heavy atom. The summed E-state index contributed by atoms with van der Waals surface area (Å²) in [5.74, 6) is 2.76. The van der Waals surface area contributed by atoms with Crippen molar-refractivity contribution in [2.24, 2.45) is 5.92 Å². The molecule has 0 spiro atoms. The largest absolute Gasteiger partial charge is 0.356 e. The van der Waals surface area contributed by atoms with Crippen molar-refractivity contribution < 1.29 is 4.79 Å². The number of piperidine rings is 1. The average molecular weight is 392 g/mol. The van der Waals surface area contributed by atoms with E-state index in [1.165, 1.54) is 24.8 Å². The Kier molecular flexibility index (Phi) is 4.94. The van der Waals surface area contributed by atoms with Crippen LogP contribution in [0.3, 0.4) is 0 Å². The maximum absolute atomic E-state index is 13.2. The predicted molar refractivity (Wildman–Crippen MR) is 112 cm³/mol. The molecule has 1 saturated carbocycles. The van der Waals surface area contributed by atoms with E-state index >= 15 is 0 Å². The lowest BCUT2D eigenvalue weighted by molar-refractivity contribution is 0.0593. The molecule has 2 aromatic rings. The van der Waals surface area contributed by atoms with Gasteiger partial charge in [-0.2, -0.15) is 0 Å². The van der Waals surface area contributed by atoms with E-state index in [1.807, 2.05) is 17.0 Å². The molecule has 1 unspecified atom stereocenters. The minimum atomic E-state index is -0.0630. The van der Waals surface area contributed by atoms with Crippen LogP contribution >= 0.6 is 0 Å². The smallest absolute Gasteiger partial charge is 0.273 e. The highest BCUT2D eigenvalue weighted by molar-refractivity contribution is 5.92. The van der Waals surface area contributed by atoms with Crippen LogP contribution in [-0.2, 0) is 6.42 Å². The van der Waals surface area contributed by atoms with Crippen molar-refractivity contribution in [2.75, 3.05) is 24.5 Å². The Labute approximate surface area is 172 Å². The summed E-state index contributed by atoms with van der Waals surface area (Å²) in [6.45, 7) is 5.05. The molecule has 29 heavy (non-hydrogen) atoms. The number of hydrogen-bond acceptors (Lipinski definition) is 5. The first-order valence-electron chi connectivity index (χ1n) is 11.0. The third-order valence-electron chi connectivity index (χ3n) is 6.48. The van der Waals surface area contributed by atoms with Gasteiger partial charge in [0.2, 0.25) is 0 Å². The fraction of sp³-hybridized carbons (Fsp3) is 0.565. The number of rotatable bonds is 4. The van der Waals surface area contributed by atoms with Gasteiger partial charge in [0.1, 0.15) is 11.5 Å². The summed E-state index contributed by atoms with van der Waals surface area (Å²) in [6.07, 6.45) is 9.64. The molecule has 1 aliphatic carbocycles. The van der Waals surface area contributed by atoms with Crippen LogP contribution in [0.1, 0.15) is 72.1 Å². The van der Waals surface area contributed by atoms with Crippen LogP contribution in [0.25, 0.3) is 0 Å². The Bertz CT molecular complexity index is 896. The molecule has 1 atom stereocenters. The average Bonchev–Trinajstić information content (AvgIpc) is 3.58. The highest BCUT2D eigenvalue weighted by Crippen LogP contribution is 2.37. The molecule has 4 heterocycles. The van der Waals surface area contributed by atoms with Crippen molar-refractivity contribution in [1.29, 1.82) is 0 Å². The Morgan fingerprint density at radius 3 is 2.79 bits per heavy atom. The molecular weight excluding hydrogens is 362 g/mol. The van der Waals surface area contributed by atoms with Crippen LogP contribution in [-0.4, -0.2) is 45.4 Å². The second-order valence-electron chi connectivity index (χ2n) is 8.69. The summed E-state index contributed by atoms with van der Waals surface area (Å²) in [5.41, 5.74) is 2.89. The van der Waals surface area contributed by atoms with Crippen LogP contribution in [0.2, 0.25) is 0 Å². The number of anilines is 1. The van der Waals surface area contributed by atoms with E-state index in [0.29, 0.717) is 5.69 Å². The van der Waals surface area contributed by atoms with Crippen molar-refractivity contribution in [3.63, 3.8) is 0 Å². The molecule has 152 valence electrons. The Morgan fingerprint density at radius 2 is 2.00 bits per heavy atom. The van der Waals surface area contributed by atoms with E-state index in [0.717, 1.165) is 68.6 Å². The minimum absolute atomic E-state index is 0.0101. The van der Waals surface area contributed by atoms with Crippen LogP contribution in [0.4, 0.5) is 5.82 Å². The molecule has 0 radical (unpaired) electrons. The van der Waals surface area contributed by atoms with Gasteiger partial charge in [0.25, 0.3) is 5.91 Å². The molecule has 2 aliphatic heterocycles. The molecule has 0 N–H and O–H groups in total. The minimum Gasteiger partial charge on any atom is -0.356 e. The summed E-state index contributed by atoms with van der Waals surface area (Å²) < 4.78 is 0. The van der Waals surface area contributed by atoms with Gasteiger partial charge in [-0.1, -0.05) is 6.07 Å². The molecule has 1 saturated heterocycles. The topological polar surface area (TPSA) is 62.2 Å². The molecule has 2 fully saturated rings. The van der Waals surface area contributed by atoms with E-state index in [1.54, 1.807) is 12.3 Å². The summed E-state index contributed by atoms with van der Waals surface area (Å²) in [6, 6.07) is 5.44. The monoisotopic (exact) mass is 391 g/mol. The Hall–Kier alpha value is -2.50. The maximum atomic E-state index is 13.2. The van der Waals surface area contributed by atoms with Crippen molar-refractivity contribution in [3.8, 4) is 0 Å². The first-order chi connectivity index (χ1) is 14.2. The van der Waals surface area contributed by atoms with Gasteiger partial charge in [-0.05, 0) is 69.9 Å². The molecule has 1 amide bonds. The second kappa shape index (κ2) is 7.73. The lowest BCUT2D eigenvalue weighted by atomic mass is 9.99. The van der Waals surface area contributed by atoms with Gasteiger partial charge in [-0.15, -0.1) is 0 Å².